The molecule has 0 spiro atoms. The van der Waals surface area contributed by atoms with Crippen molar-refractivity contribution >= 4 is 11.6 Å². The molecule has 0 aliphatic heterocycles. The Morgan fingerprint density at radius 2 is 2.05 bits per heavy atom. The number of unbranched alkanes of at least 4 members (excludes halogenated alkanes) is 2. The van der Waals surface area contributed by atoms with Gasteiger partial charge in [-0.1, -0.05) is 44.7 Å². The lowest BCUT2D eigenvalue weighted by Crippen LogP contribution is -2.30. The highest BCUT2D eigenvalue weighted by molar-refractivity contribution is 6.31. The smallest absolute Gasteiger partial charge is 0.119 e. The van der Waals surface area contributed by atoms with E-state index in [1.54, 1.807) is 0 Å². The van der Waals surface area contributed by atoms with Crippen molar-refractivity contribution in [2.75, 3.05) is 13.2 Å². The van der Waals surface area contributed by atoms with Crippen molar-refractivity contribution in [3.63, 3.8) is 0 Å². The van der Waals surface area contributed by atoms with Gasteiger partial charge in [-0.2, -0.15) is 0 Å². The molecule has 114 valence electrons. The number of hydrogen-bond acceptors (Lipinski definition) is 2. The fraction of sp³-hybridized carbons (Fsp3) is 0.647. The zero-order valence-electron chi connectivity index (χ0n) is 13.0. The van der Waals surface area contributed by atoms with E-state index >= 15 is 0 Å². The van der Waals surface area contributed by atoms with Crippen LogP contribution in [0.4, 0.5) is 0 Å². The van der Waals surface area contributed by atoms with Gasteiger partial charge < -0.3 is 10.1 Å². The standard InChI is InChI=1S/C17H28ClNO/c1-4-6-7-8-14(3)19-11-12-20-16-9-10-17(18)15(5-2)13-16/h9-10,13-14,19H,4-8,11-12H2,1-3H3. The fourth-order valence-electron chi connectivity index (χ4n) is 2.19. The molecule has 0 heterocycles. The summed E-state index contributed by atoms with van der Waals surface area (Å²) in [6.45, 7) is 8.17. The predicted molar refractivity (Wildman–Crippen MR) is 87.9 cm³/mol. The quantitative estimate of drug-likeness (QED) is 0.624. The minimum Gasteiger partial charge on any atom is -0.492 e. The molecule has 1 aromatic rings. The average Bonchev–Trinajstić information content (AvgIpc) is 2.45. The normalized spacial score (nSPS) is 12.4. The van der Waals surface area contributed by atoms with Crippen molar-refractivity contribution in [2.45, 2.75) is 58.9 Å². The van der Waals surface area contributed by atoms with Crippen LogP contribution in [0.5, 0.6) is 5.75 Å². The number of aryl methyl sites for hydroxylation is 1. The first-order valence-corrected chi connectivity index (χ1v) is 8.19. The van der Waals surface area contributed by atoms with Crippen LogP contribution in [0.15, 0.2) is 18.2 Å². The van der Waals surface area contributed by atoms with E-state index in [0.29, 0.717) is 12.6 Å². The van der Waals surface area contributed by atoms with E-state index in [9.17, 15) is 0 Å². The molecular weight excluding hydrogens is 270 g/mol. The fourth-order valence-corrected chi connectivity index (χ4v) is 2.44. The minimum atomic E-state index is 0.571. The summed E-state index contributed by atoms with van der Waals surface area (Å²) in [6, 6.07) is 6.46. The van der Waals surface area contributed by atoms with Crippen LogP contribution < -0.4 is 10.1 Å². The average molecular weight is 298 g/mol. The monoisotopic (exact) mass is 297 g/mol. The summed E-state index contributed by atoms with van der Waals surface area (Å²) in [7, 11) is 0. The largest absolute Gasteiger partial charge is 0.492 e. The molecule has 0 saturated carbocycles. The van der Waals surface area contributed by atoms with Crippen LogP contribution in [0.2, 0.25) is 5.02 Å². The Kier molecular flexibility index (Phi) is 8.72. The Morgan fingerprint density at radius 3 is 2.75 bits per heavy atom. The molecule has 1 aromatic carbocycles. The summed E-state index contributed by atoms with van der Waals surface area (Å²) in [5.74, 6) is 0.909. The number of rotatable bonds is 10. The van der Waals surface area contributed by atoms with Crippen LogP contribution in [0.3, 0.4) is 0 Å². The van der Waals surface area contributed by atoms with Gasteiger partial charge in [-0.25, -0.2) is 0 Å². The van der Waals surface area contributed by atoms with Gasteiger partial charge >= 0.3 is 0 Å². The molecule has 1 unspecified atom stereocenters. The molecule has 0 aliphatic rings. The first kappa shape index (κ1) is 17.3. The van der Waals surface area contributed by atoms with E-state index in [1.807, 2.05) is 18.2 Å². The van der Waals surface area contributed by atoms with E-state index < -0.39 is 0 Å². The lowest BCUT2D eigenvalue weighted by atomic mass is 10.1. The summed E-state index contributed by atoms with van der Waals surface area (Å²) in [5, 5.41) is 4.32. The highest BCUT2D eigenvalue weighted by Crippen LogP contribution is 2.22. The molecule has 0 radical (unpaired) electrons. The van der Waals surface area contributed by atoms with E-state index in [-0.39, 0.29) is 0 Å². The molecule has 0 saturated heterocycles. The van der Waals surface area contributed by atoms with Gasteiger partial charge in [0.25, 0.3) is 0 Å². The number of halogens is 1. The van der Waals surface area contributed by atoms with E-state index in [2.05, 4.69) is 26.1 Å². The molecule has 2 nitrogen and oxygen atoms in total. The molecule has 0 bridgehead atoms. The van der Waals surface area contributed by atoms with Crippen molar-refractivity contribution in [3.8, 4) is 5.75 Å². The second-order valence-corrected chi connectivity index (χ2v) is 5.71. The maximum absolute atomic E-state index is 6.09. The molecule has 1 N–H and O–H groups in total. The van der Waals surface area contributed by atoms with Crippen molar-refractivity contribution < 1.29 is 4.74 Å². The Morgan fingerprint density at radius 1 is 1.25 bits per heavy atom. The van der Waals surface area contributed by atoms with Crippen LogP contribution in [-0.2, 0) is 6.42 Å². The van der Waals surface area contributed by atoms with Gasteiger partial charge in [0.05, 0.1) is 0 Å². The maximum atomic E-state index is 6.09. The maximum Gasteiger partial charge on any atom is 0.119 e. The molecule has 0 aromatic heterocycles. The zero-order chi connectivity index (χ0) is 14.8. The third-order valence-electron chi connectivity index (χ3n) is 3.50. The third-order valence-corrected chi connectivity index (χ3v) is 3.87. The van der Waals surface area contributed by atoms with Crippen LogP contribution in [-0.4, -0.2) is 19.2 Å². The predicted octanol–water partition coefficient (Wildman–Crippen LogP) is 4.84. The van der Waals surface area contributed by atoms with Gasteiger partial charge in [-0.05, 0) is 43.5 Å². The first-order valence-electron chi connectivity index (χ1n) is 7.82. The molecule has 1 rings (SSSR count). The van der Waals surface area contributed by atoms with Gasteiger partial charge in [-0.15, -0.1) is 0 Å². The summed E-state index contributed by atoms with van der Waals surface area (Å²) < 4.78 is 5.76. The molecule has 20 heavy (non-hydrogen) atoms. The minimum absolute atomic E-state index is 0.571. The molecule has 1 atom stereocenters. The highest BCUT2D eigenvalue weighted by atomic mass is 35.5. The Labute approximate surface area is 128 Å². The first-order chi connectivity index (χ1) is 9.67. The number of hydrogen-bond donors (Lipinski definition) is 1. The lowest BCUT2D eigenvalue weighted by molar-refractivity contribution is 0.304. The highest BCUT2D eigenvalue weighted by Gasteiger charge is 2.02. The number of benzene rings is 1. The molecule has 3 heteroatoms. The topological polar surface area (TPSA) is 21.3 Å². The molecule has 0 fully saturated rings. The Hall–Kier alpha value is -0.730. The summed E-state index contributed by atoms with van der Waals surface area (Å²) in [4.78, 5) is 0. The van der Waals surface area contributed by atoms with E-state index in [0.717, 1.165) is 29.3 Å². The van der Waals surface area contributed by atoms with Crippen LogP contribution in [0.25, 0.3) is 0 Å². The summed E-state index contributed by atoms with van der Waals surface area (Å²) in [6.07, 6.45) is 6.10. The van der Waals surface area contributed by atoms with Crippen molar-refractivity contribution in [1.82, 2.24) is 5.32 Å². The number of nitrogens with one attached hydrogen (secondary N) is 1. The summed E-state index contributed by atoms with van der Waals surface area (Å²) in [5.41, 5.74) is 1.14. The van der Waals surface area contributed by atoms with E-state index in [1.165, 1.54) is 25.7 Å². The molecular formula is C17H28ClNO. The van der Waals surface area contributed by atoms with Crippen LogP contribution in [0.1, 0.15) is 52.0 Å². The zero-order valence-corrected chi connectivity index (χ0v) is 13.8. The Bertz CT molecular complexity index is 381. The van der Waals surface area contributed by atoms with Crippen molar-refractivity contribution in [3.05, 3.63) is 28.8 Å². The second kappa shape index (κ2) is 10.1. The van der Waals surface area contributed by atoms with Crippen molar-refractivity contribution in [1.29, 1.82) is 0 Å². The van der Waals surface area contributed by atoms with Crippen molar-refractivity contribution in [2.24, 2.45) is 0 Å². The molecule has 0 amide bonds. The van der Waals surface area contributed by atoms with Gasteiger partial charge in [0.15, 0.2) is 0 Å². The van der Waals surface area contributed by atoms with Crippen LogP contribution in [0, 0.1) is 0 Å². The van der Waals surface area contributed by atoms with Crippen LogP contribution >= 0.6 is 11.6 Å². The third kappa shape index (κ3) is 6.62. The summed E-state index contributed by atoms with van der Waals surface area (Å²) >= 11 is 6.09. The molecule has 0 aliphatic carbocycles. The second-order valence-electron chi connectivity index (χ2n) is 5.31. The van der Waals surface area contributed by atoms with Gasteiger partial charge in [0.1, 0.15) is 12.4 Å². The van der Waals surface area contributed by atoms with E-state index in [4.69, 9.17) is 16.3 Å². The van der Waals surface area contributed by atoms with Gasteiger partial charge in [0, 0.05) is 17.6 Å². The van der Waals surface area contributed by atoms with Gasteiger partial charge in [0.2, 0.25) is 0 Å². The number of ether oxygens (including phenoxy) is 1. The Balaban J connectivity index is 2.20. The SMILES string of the molecule is CCCCCC(C)NCCOc1ccc(Cl)c(CC)c1. The van der Waals surface area contributed by atoms with Gasteiger partial charge in [-0.3, -0.25) is 0 Å². The lowest BCUT2D eigenvalue weighted by Gasteiger charge is -2.14.